The smallest absolute Gasteiger partial charge is 0.147 e. The predicted octanol–water partition coefficient (Wildman–Crippen LogP) is 4.64. The van der Waals surface area contributed by atoms with Gasteiger partial charge in [-0.1, -0.05) is 16.3 Å². The molecule has 0 N–H and O–H groups in total. The Kier molecular flexibility index (Phi) is 6.12. The fourth-order valence-electron chi connectivity index (χ4n) is 3.86. The van der Waals surface area contributed by atoms with E-state index in [4.69, 9.17) is 4.74 Å². The van der Waals surface area contributed by atoms with Crippen LogP contribution >= 0.6 is 0 Å². The van der Waals surface area contributed by atoms with E-state index in [1.165, 1.54) is 0 Å². The number of fused-ring (bicyclic) bond motifs is 1. The van der Waals surface area contributed by atoms with E-state index in [9.17, 15) is 9.47 Å². The normalized spacial score (nSPS) is 16.5. The zero-order chi connectivity index (χ0) is 21.1. The minimum Gasteiger partial charge on any atom is -0.490 e. The lowest BCUT2D eigenvalue weighted by molar-refractivity contribution is 0.138. The van der Waals surface area contributed by atoms with E-state index in [2.05, 4.69) is 21.4 Å². The molecule has 6 heteroatoms. The second-order valence-corrected chi connectivity index (χ2v) is 10.1. The maximum Gasteiger partial charge on any atom is 0.147 e. The Morgan fingerprint density at radius 2 is 1.97 bits per heavy atom. The Morgan fingerprint density at radius 1 is 1.17 bits per heavy atom. The van der Waals surface area contributed by atoms with Crippen LogP contribution in [0.2, 0.25) is 0 Å². The van der Waals surface area contributed by atoms with Crippen LogP contribution in [0.3, 0.4) is 0 Å². The fraction of sp³-hybridized carbons (Fsp3) is 0.333. The molecule has 1 unspecified atom stereocenters. The van der Waals surface area contributed by atoms with Crippen LogP contribution in [0.4, 0.5) is 0 Å². The molecule has 2 aromatic carbocycles. The number of thiol groups is 1. The first-order chi connectivity index (χ1) is 14.5. The monoisotopic (exact) mass is 420 g/mol. The zero-order valence-electron chi connectivity index (χ0n) is 17.3. The van der Waals surface area contributed by atoms with Crippen LogP contribution in [-0.2, 0) is 15.2 Å². The Hall–Kier alpha value is -2.75. The van der Waals surface area contributed by atoms with Gasteiger partial charge in [0.1, 0.15) is 28.1 Å². The van der Waals surface area contributed by atoms with Gasteiger partial charge in [-0.05, 0) is 60.7 Å². The molecule has 0 bridgehead atoms. The van der Waals surface area contributed by atoms with Crippen molar-refractivity contribution < 1.29 is 8.95 Å². The first-order valence-corrected chi connectivity index (χ1v) is 11.6. The van der Waals surface area contributed by atoms with Gasteiger partial charge >= 0.3 is 0 Å². The lowest BCUT2D eigenvalue weighted by Crippen LogP contribution is -2.41. The lowest BCUT2D eigenvalue weighted by Gasteiger charge is -2.29. The topological polar surface area (TPSA) is 66.2 Å². The van der Waals surface area contributed by atoms with Crippen LogP contribution in [0.5, 0.6) is 5.75 Å². The molecule has 4 rings (SSSR count). The number of hydrogen-bond acceptors (Lipinski definition) is 4. The molecule has 0 saturated carbocycles. The van der Waals surface area contributed by atoms with Crippen molar-refractivity contribution in [3.8, 4) is 22.9 Å². The van der Waals surface area contributed by atoms with Gasteiger partial charge in [0.05, 0.1) is 11.6 Å². The third-order valence-corrected chi connectivity index (χ3v) is 7.32. The van der Waals surface area contributed by atoms with Crippen molar-refractivity contribution in [2.24, 2.45) is 0 Å². The Morgan fingerprint density at radius 3 is 2.70 bits per heavy atom. The average molecular weight is 421 g/mol. The van der Waals surface area contributed by atoms with E-state index >= 15 is 0 Å². The fourth-order valence-corrected chi connectivity index (χ4v) is 5.14. The molecule has 1 aliphatic rings. The van der Waals surface area contributed by atoms with Crippen molar-refractivity contribution in [2.45, 2.75) is 38.0 Å². The second-order valence-electron chi connectivity index (χ2n) is 7.93. The summed E-state index contributed by atoms with van der Waals surface area (Å²) in [5, 5.41) is 11.4. The molecule has 1 aromatic heterocycles. The summed E-state index contributed by atoms with van der Waals surface area (Å²) >= 11 is 0. The number of hydrogen-bond donors (Lipinski definition) is 0. The number of nitrogens with zero attached hydrogens (tertiary/aromatic N) is 3. The van der Waals surface area contributed by atoms with E-state index in [-0.39, 0.29) is 11.4 Å². The highest BCUT2D eigenvalue weighted by Crippen LogP contribution is 2.34. The van der Waals surface area contributed by atoms with Crippen molar-refractivity contribution in [3.63, 3.8) is 0 Å². The molecule has 1 fully saturated rings. The van der Waals surface area contributed by atoms with Crippen LogP contribution in [0.1, 0.15) is 32.3 Å². The Bertz CT molecular complexity index is 1110. The van der Waals surface area contributed by atoms with E-state index in [0.717, 1.165) is 53.6 Å². The Labute approximate surface area is 179 Å². The van der Waals surface area contributed by atoms with Crippen LogP contribution in [-0.4, -0.2) is 33.7 Å². The predicted molar refractivity (Wildman–Crippen MR) is 122 cm³/mol. The van der Waals surface area contributed by atoms with Crippen molar-refractivity contribution in [1.82, 2.24) is 9.29 Å². The molecule has 0 aliphatic carbocycles. The summed E-state index contributed by atoms with van der Waals surface area (Å²) in [6.07, 6.45) is 5.40. The third kappa shape index (κ3) is 4.38. The van der Waals surface area contributed by atoms with Gasteiger partial charge in [-0.3, -0.25) is 4.98 Å². The second kappa shape index (κ2) is 8.95. The van der Waals surface area contributed by atoms with E-state index in [1.54, 1.807) is 6.20 Å². The zero-order valence-corrected chi connectivity index (χ0v) is 18.2. The molecule has 30 heavy (non-hydrogen) atoms. The summed E-state index contributed by atoms with van der Waals surface area (Å²) in [6, 6.07) is 15.9. The standard InChI is InChI=1S/C24H25N3O2S/c1-17(2)30(28)27-10-7-22(8-11-27)29-24-14-21(13-20-6-9-26-16-23(20)24)19-5-3-4-18(12-19)15-25/h3-6,9,12-14,16-17,22H,7-8,10-11H2,1-2H3/p+1. The molecule has 3 aromatic rings. The summed E-state index contributed by atoms with van der Waals surface area (Å²) in [5.41, 5.74) is 2.64. The maximum atomic E-state index is 12.4. The van der Waals surface area contributed by atoms with Gasteiger partial charge in [-0.15, -0.1) is 4.31 Å². The summed E-state index contributed by atoms with van der Waals surface area (Å²) in [7, 11) is -1.31. The number of piperidine rings is 1. The van der Waals surface area contributed by atoms with Gasteiger partial charge in [0.2, 0.25) is 0 Å². The molecule has 154 valence electrons. The average Bonchev–Trinajstić information content (AvgIpc) is 2.79. The molecular weight excluding hydrogens is 394 g/mol. The first-order valence-electron chi connectivity index (χ1n) is 10.3. The van der Waals surface area contributed by atoms with Crippen LogP contribution < -0.4 is 4.74 Å². The van der Waals surface area contributed by atoms with Gasteiger partial charge in [0.15, 0.2) is 0 Å². The summed E-state index contributed by atoms with van der Waals surface area (Å²) in [6.45, 7) is 5.59. The largest absolute Gasteiger partial charge is 0.490 e. The summed E-state index contributed by atoms with van der Waals surface area (Å²) in [5.74, 6) is 0.810. The van der Waals surface area contributed by atoms with Crippen molar-refractivity contribution in [2.75, 3.05) is 13.1 Å². The highest BCUT2D eigenvalue weighted by molar-refractivity contribution is 7.83. The number of nitriles is 1. The molecule has 1 aliphatic heterocycles. The van der Waals surface area contributed by atoms with Crippen LogP contribution in [0.25, 0.3) is 21.9 Å². The minimum absolute atomic E-state index is 0.0842. The van der Waals surface area contributed by atoms with Crippen molar-refractivity contribution >= 4 is 21.8 Å². The summed E-state index contributed by atoms with van der Waals surface area (Å²) in [4.78, 5) is 4.28. The highest BCUT2D eigenvalue weighted by Gasteiger charge is 2.29. The highest BCUT2D eigenvalue weighted by atomic mass is 32.2. The maximum absolute atomic E-state index is 12.4. The summed E-state index contributed by atoms with van der Waals surface area (Å²) < 4.78 is 20.9. The van der Waals surface area contributed by atoms with Crippen molar-refractivity contribution in [3.05, 3.63) is 60.4 Å². The molecule has 5 nitrogen and oxygen atoms in total. The number of benzene rings is 2. The van der Waals surface area contributed by atoms with Crippen LogP contribution in [0, 0.1) is 11.3 Å². The lowest BCUT2D eigenvalue weighted by atomic mass is 10.00. The van der Waals surface area contributed by atoms with Gasteiger partial charge < -0.3 is 4.74 Å². The van der Waals surface area contributed by atoms with E-state index in [0.29, 0.717) is 5.56 Å². The van der Waals surface area contributed by atoms with Gasteiger partial charge in [0.25, 0.3) is 0 Å². The first kappa shape index (κ1) is 20.5. The molecule has 1 saturated heterocycles. The van der Waals surface area contributed by atoms with Gasteiger partial charge in [0, 0.05) is 43.7 Å². The van der Waals surface area contributed by atoms with Gasteiger partial charge in [-0.2, -0.15) is 5.26 Å². The van der Waals surface area contributed by atoms with Gasteiger partial charge in [-0.25, -0.2) is 0 Å². The van der Waals surface area contributed by atoms with Crippen molar-refractivity contribution in [1.29, 1.82) is 5.26 Å². The van der Waals surface area contributed by atoms with Crippen LogP contribution in [0.15, 0.2) is 54.9 Å². The number of pyridine rings is 1. The van der Waals surface area contributed by atoms with E-state index in [1.807, 2.05) is 56.4 Å². The number of ether oxygens (including phenoxy) is 1. The molecule has 0 spiro atoms. The van der Waals surface area contributed by atoms with E-state index < -0.39 is 11.0 Å². The molecule has 0 amide bonds. The molecule has 0 radical (unpaired) electrons. The minimum atomic E-state index is -1.31. The quantitative estimate of drug-likeness (QED) is 0.446. The third-order valence-electron chi connectivity index (χ3n) is 5.48. The molecule has 1 atom stereocenters. The Balaban J connectivity index is 1.61. The molecular formula is C24H26N3O2S+. The number of aromatic nitrogens is 1. The number of rotatable bonds is 5. The SMILES string of the molecule is CC(C)[SH+](=O)N1CCC(Oc2cc(-c3cccc(C#N)c3)cc3ccncc23)CC1. The molecule has 2 heterocycles.